The average molecular weight is 440 g/mol. The predicted octanol–water partition coefficient (Wildman–Crippen LogP) is 4.39. The molecule has 1 amide bonds. The van der Waals surface area contributed by atoms with E-state index in [1.807, 2.05) is 61.5 Å². The third kappa shape index (κ3) is 4.44. The molecular formula is C27H25N3O3. The minimum Gasteiger partial charge on any atom is -0.493 e. The molecular weight excluding hydrogens is 414 g/mol. The highest BCUT2D eigenvalue weighted by atomic mass is 16.5. The van der Waals surface area contributed by atoms with Crippen LogP contribution in [0.1, 0.15) is 29.2 Å². The molecule has 3 aromatic carbocycles. The summed E-state index contributed by atoms with van der Waals surface area (Å²) in [5.74, 6) is 1.03. The van der Waals surface area contributed by atoms with Gasteiger partial charge in [-0.15, -0.1) is 0 Å². The number of nitriles is 1. The number of aliphatic imine (C=N–C) groups is 1. The molecule has 6 nitrogen and oxygen atoms in total. The minimum atomic E-state index is -0.645. The third-order valence-corrected chi connectivity index (χ3v) is 5.63. The highest BCUT2D eigenvalue weighted by molar-refractivity contribution is 6.20. The summed E-state index contributed by atoms with van der Waals surface area (Å²) in [6.07, 6.45) is 0.387. The molecule has 33 heavy (non-hydrogen) atoms. The normalized spacial score (nSPS) is 15.2. The van der Waals surface area contributed by atoms with E-state index in [0.717, 1.165) is 16.7 Å². The van der Waals surface area contributed by atoms with Crippen molar-refractivity contribution in [3.05, 3.63) is 89.0 Å². The number of carbonyl (C=O) groups excluding carboxylic acids is 1. The number of rotatable bonds is 6. The number of methoxy groups -OCH3 is 1. The Balaban J connectivity index is 1.88. The maximum Gasteiger partial charge on any atom is 0.251 e. The molecule has 0 aromatic heterocycles. The second-order valence-corrected chi connectivity index (χ2v) is 7.73. The second kappa shape index (κ2) is 9.58. The molecule has 3 aromatic rings. The number of anilines is 1. The smallest absolute Gasteiger partial charge is 0.251 e. The molecule has 6 heteroatoms. The Hall–Kier alpha value is -4.11. The average Bonchev–Trinajstić information content (AvgIpc) is 2.95. The molecule has 0 saturated heterocycles. The van der Waals surface area contributed by atoms with Crippen molar-refractivity contribution in [3.63, 3.8) is 0 Å². The van der Waals surface area contributed by atoms with Crippen LogP contribution in [0.3, 0.4) is 0 Å². The largest absolute Gasteiger partial charge is 0.493 e. The number of carbonyl (C=O) groups is 1. The van der Waals surface area contributed by atoms with Gasteiger partial charge in [0.2, 0.25) is 0 Å². The number of fused-ring (bicyclic) bond motifs is 1. The number of likely N-dealkylation sites (N-methyl/N-ethyl adjacent to an activating group) is 1. The van der Waals surface area contributed by atoms with E-state index in [1.165, 1.54) is 0 Å². The van der Waals surface area contributed by atoms with E-state index >= 15 is 0 Å². The van der Waals surface area contributed by atoms with E-state index in [2.05, 4.69) is 6.07 Å². The van der Waals surface area contributed by atoms with Crippen molar-refractivity contribution in [2.45, 2.75) is 19.4 Å². The van der Waals surface area contributed by atoms with Crippen LogP contribution in [0.15, 0.2) is 71.7 Å². The molecule has 0 radical (unpaired) electrons. The summed E-state index contributed by atoms with van der Waals surface area (Å²) in [7, 11) is 3.35. The first-order valence-electron chi connectivity index (χ1n) is 10.8. The van der Waals surface area contributed by atoms with Crippen LogP contribution in [0.4, 0.5) is 5.69 Å². The lowest BCUT2D eigenvalue weighted by atomic mass is 9.99. The fourth-order valence-electron chi connectivity index (χ4n) is 4.02. The van der Waals surface area contributed by atoms with Gasteiger partial charge < -0.3 is 14.4 Å². The predicted molar refractivity (Wildman–Crippen MR) is 128 cm³/mol. The maximum absolute atomic E-state index is 13.5. The first kappa shape index (κ1) is 22.1. The summed E-state index contributed by atoms with van der Waals surface area (Å²) in [5.41, 5.74) is 4.57. The van der Waals surface area contributed by atoms with Gasteiger partial charge in [-0.1, -0.05) is 42.5 Å². The standard InChI is InChI=1S/C27H25N3O3/c1-4-33-25-16-23-21(15-24(25)32-3)26(20-11-6-5-7-12-20)29-22(27(31)30(23)2)14-18-9-8-10-19(13-18)17-28/h5-13,15-16,22H,4,14H2,1-3H3. The van der Waals surface area contributed by atoms with Crippen molar-refractivity contribution < 1.29 is 14.3 Å². The SMILES string of the molecule is CCOc1cc2c(cc1OC)C(c1ccccc1)=NC(Cc1cccc(C#N)c1)C(=O)N2C. The Labute approximate surface area is 193 Å². The molecule has 1 aliphatic heterocycles. The maximum atomic E-state index is 13.5. The zero-order chi connectivity index (χ0) is 23.4. The van der Waals surface area contributed by atoms with Gasteiger partial charge in [0.1, 0.15) is 6.04 Å². The van der Waals surface area contributed by atoms with E-state index in [4.69, 9.17) is 14.5 Å². The second-order valence-electron chi connectivity index (χ2n) is 7.73. The Morgan fingerprint density at radius 3 is 2.55 bits per heavy atom. The first-order chi connectivity index (χ1) is 16.0. The van der Waals surface area contributed by atoms with Crippen molar-refractivity contribution in [2.75, 3.05) is 25.7 Å². The summed E-state index contributed by atoms with van der Waals surface area (Å²) in [6, 6.07) is 22.3. The van der Waals surface area contributed by atoms with Gasteiger partial charge >= 0.3 is 0 Å². The van der Waals surface area contributed by atoms with E-state index in [0.29, 0.717) is 41.5 Å². The molecule has 1 aliphatic rings. The molecule has 1 atom stereocenters. The lowest BCUT2D eigenvalue weighted by Crippen LogP contribution is -2.36. The zero-order valence-corrected chi connectivity index (χ0v) is 18.9. The highest BCUT2D eigenvalue weighted by Gasteiger charge is 2.31. The monoisotopic (exact) mass is 439 g/mol. The molecule has 4 rings (SSSR count). The molecule has 0 aliphatic carbocycles. The van der Waals surface area contributed by atoms with Crippen LogP contribution >= 0.6 is 0 Å². The summed E-state index contributed by atoms with van der Waals surface area (Å²) in [6.45, 7) is 2.38. The van der Waals surface area contributed by atoms with Gasteiger partial charge in [-0.2, -0.15) is 5.26 Å². The van der Waals surface area contributed by atoms with E-state index in [9.17, 15) is 10.1 Å². The van der Waals surface area contributed by atoms with E-state index in [1.54, 1.807) is 31.2 Å². The number of hydrogen-bond donors (Lipinski definition) is 0. The molecule has 1 heterocycles. The van der Waals surface area contributed by atoms with Crippen molar-refractivity contribution in [2.24, 2.45) is 4.99 Å². The van der Waals surface area contributed by atoms with Crippen molar-refractivity contribution in [1.29, 1.82) is 5.26 Å². The van der Waals surface area contributed by atoms with Gasteiger partial charge in [0.25, 0.3) is 5.91 Å². The fourth-order valence-corrected chi connectivity index (χ4v) is 4.02. The zero-order valence-electron chi connectivity index (χ0n) is 18.9. The topological polar surface area (TPSA) is 74.9 Å². The number of amides is 1. The molecule has 0 saturated carbocycles. The quantitative estimate of drug-likeness (QED) is 0.571. The Morgan fingerprint density at radius 1 is 1.06 bits per heavy atom. The van der Waals surface area contributed by atoms with Crippen LogP contribution in [0.2, 0.25) is 0 Å². The molecule has 166 valence electrons. The van der Waals surface area contributed by atoms with E-state index in [-0.39, 0.29) is 5.91 Å². The lowest BCUT2D eigenvalue weighted by Gasteiger charge is -2.22. The van der Waals surface area contributed by atoms with Gasteiger partial charge in [-0.25, -0.2) is 0 Å². The van der Waals surface area contributed by atoms with Gasteiger partial charge in [-0.05, 0) is 30.7 Å². The summed E-state index contributed by atoms with van der Waals surface area (Å²) in [4.78, 5) is 20.2. The Bertz CT molecular complexity index is 1250. The first-order valence-corrected chi connectivity index (χ1v) is 10.8. The number of hydrogen-bond acceptors (Lipinski definition) is 5. The van der Waals surface area contributed by atoms with Gasteiger partial charge in [-0.3, -0.25) is 9.79 Å². The molecule has 1 unspecified atom stereocenters. The fraction of sp³-hybridized carbons (Fsp3) is 0.222. The van der Waals surface area contributed by atoms with Crippen molar-refractivity contribution in [1.82, 2.24) is 0 Å². The summed E-state index contributed by atoms with van der Waals surface area (Å²) >= 11 is 0. The number of ether oxygens (including phenoxy) is 2. The minimum absolute atomic E-state index is 0.128. The Morgan fingerprint density at radius 2 is 1.85 bits per heavy atom. The van der Waals surface area contributed by atoms with Gasteiger partial charge in [0.15, 0.2) is 11.5 Å². The molecule has 0 fully saturated rings. The van der Waals surface area contributed by atoms with Crippen LogP contribution in [0, 0.1) is 11.3 Å². The third-order valence-electron chi connectivity index (χ3n) is 5.63. The number of benzodiazepines with no additional fused rings is 1. The van der Waals surface area contributed by atoms with Gasteiger partial charge in [0, 0.05) is 30.7 Å². The number of benzene rings is 3. The van der Waals surface area contributed by atoms with Crippen LogP contribution < -0.4 is 14.4 Å². The van der Waals surface area contributed by atoms with Gasteiger partial charge in [0.05, 0.1) is 36.7 Å². The molecule has 0 spiro atoms. The summed E-state index contributed by atoms with van der Waals surface area (Å²) < 4.78 is 11.4. The molecule has 0 N–H and O–H groups in total. The molecule has 0 bridgehead atoms. The van der Waals surface area contributed by atoms with E-state index < -0.39 is 6.04 Å². The summed E-state index contributed by atoms with van der Waals surface area (Å²) in [5, 5.41) is 9.26. The van der Waals surface area contributed by atoms with Crippen molar-refractivity contribution in [3.8, 4) is 17.6 Å². The van der Waals surface area contributed by atoms with Crippen LogP contribution in [-0.4, -0.2) is 38.4 Å². The number of nitrogens with zero attached hydrogens (tertiary/aromatic N) is 3. The van der Waals surface area contributed by atoms with Crippen molar-refractivity contribution >= 4 is 17.3 Å². The lowest BCUT2D eigenvalue weighted by molar-refractivity contribution is -0.119. The van der Waals surface area contributed by atoms with Crippen LogP contribution in [-0.2, 0) is 11.2 Å². The van der Waals surface area contributed by atoms with Crippen LogP contribution in [0.5, 0.6) is 11.5 Å². The van der Waals surface area contributed by atoms with Crippen LogP contribution in [0.25, 0.3) is 0 Å². The highest BCUT2D eigenvalue weighted by Crippen LogP contribution is 2.38. The Kier molecular flexibility index (Phi) is 6.41.